The van der Waals surface area contributed by atoms with Gasteiger partial charge in [-0.3, -0.25) is 4.98 Å². The van der Waals surface area contributed by atoms with Gasteiger partial charge in [0.2, 0.25) is 0 Å². The second-order valence-electron chi connectivity index (χ2n) is 9.82. The van der Waals surface area contributed by atoms with Gasteiger partial charge in [-0.1, -0.05) is 6.07 Å². The Labute approximate surface area is 210 Å². The van der Waals surface area contributed by atoms with Crippen LogP contribution in [-0.4, -0.2) is 44.1 Å². The van der Waals surface area contributed by atoms with Crippen LogP contribution in [-0.2, 0) is 17.6 Å². The van der Waals surface area contributed by atoms with Crippen molar-refractivity contribution in [1.82, 2.24) is 4.98 Å². The molecule has 188 valence electrons. The number of methoxy groups -OCH3 is 1. The van der Waals surface area contributed by atoms with Crippen LogP contribution in [0.5, 0.6) is 0 Å². The Morgan fingerprint density at radius 3 is 2.61 bits per heavy atom. The molecule has 2 aliphatic rings. The fourth-order valence-corrected chi connectivity index (χ4v) is 5.41. The maximum Gasteiger partial charge on any atom is 0.338 e. The Morgan fingerprint density at radius 2 is 1.89 bits per heavy atom. The Morgan fingerprint density at radius 1 is 1.14 bits per heavy atom. The van der Waals surface area contributed by atoms with Gasteiger partial charge < -0.3 is 14.5 Å². The van der Waals surface area contributed by atoms with Crippen LogP contribution in [0.1, 0.15) is 52.2 Å². The van der Waals surface area contributed by atoms with Gasteiger partial charge in [0, 0.05) is 36.5 Å². The van der Waals surface area contributed by atoms with Crippen molar-refractivity contribution in [3.63, 3.8) is 0 Å². The minimum atomic E-state index is -2.57. The number of rotatable bonds is 7. The van der Waals surface area contributed by atoms with Gasteiger partial charge in [-0.2, -0.15) is 0 Å². The molecule has 1 aromatic heterocycles. The van der Waals surface area contributed by atoms with Crippen molar-refractivity contribution in [1.29, 1.82) is 0 Å². The van der Waals surface area contributed by atoms with Crippen LogP contribution in [0.3, 0.4) is 0 Å². The smallest absolute Gasteiger partial charge is 0.338 e. The van der Waals surface area contributed by atoms with Crippen LogP contribution in [0.4, 0.5) is 25.8 Å². The van der Waals surface area contributed by atoms with Crippen molar-refractivity contribution >= 4 is 23.0 Å². The Hall–Kier alpha value is -3.48. The average Bonchev–Trinajstić information content (AvgIpc) is 2.89. The topological polar surface area (TPSA) is 45.7 Å². The summed E-state index contributed by atoms with van der Waals surface area (Å²) in [5.74, 6) is -2.45. The van der Waals surface area contributed by atoms with E-state index in [0.717, 1.165) is 54.7 Å². The molecule has 36 heavy (non-hydrogen) atoms. The first-order chi connectivity index (χ1) is 17.3. The van der Waals surface area contributed by atoms with E-state index in [1.54, 1.807) is 23.4 Å². The molecule has 0 unspecified atom stereocenters. The molecule has 0 saturated carbocycles. The molecule has 0 amide bonds. The summed E-state index contributed by atoms with van der Waals surface area (Å²) in [6, 6.07) is 16.2. The first-order valence-corrected chi connectivity index (χ1v) is 12.5. The average molecular weight is 492 g/mol. The first kappa shape index (κ1) is 24.2. The predicted molar refractivity (Wildman–Crippen MR) is 138 cm³/mol. The van der Waals surface area contributed by atoms with Crippen LogP contribution >= 0.6 is 0 Å². The zero-order chi connectivity index (χ0) is 25.3. The molecule has 7 heteroatoms. The van der Waals surface area contributed by atoms with Crippen LogP contribution in [0.25, 0.3) is 0 Å². The maximum absolute atomic E-state index is 13.2. The quantitative estimate of drug-likeness (QED) is 0.371. The molecular formula is C29H31F2N3O2. The number of esters is 1. The molecule has 1 aliphatic heterocycles. The van der Waals surface area contributed by atoms with E-state index < -0.39 is 5.92 Å². The number of alkyl halides is 2. The van der Waals surface area contributed by atoms with E-state index in [9.17, 15) is 13.6 Å². The fraction of sp³-hybridized carbons (Fsp3) is 0.379. The van der Waals surface area contributed by atoms with Gasteiger partial charge in [-0.05, 0) is 97.2 Å². The van der Waals surface area contributed by atoms with Crippen molar-refractivity contribution in [3.05, 3.63) is 83.2 Å². The van der Waals surface area contributed by atoms with E-state index in [0.29, 0.717) is 11.5 Å². The molecule has 1 saturated heterocycles. The number of carbonyl (C=O) groups excluding carboxylic acids is 1. The van der Waals surface area contributed by atoms with Crippen LogP contribution in [0, 0.1) is 0 Å². The summed E-state index contributed by atoms with van der Waals surface area (Å²) in [7, 11) is 3.44. The summed E-state index contributed by atoms with van der Waals surface area (Å²) < 4.78 is 31.3. The highest BCUT2D eigenvalue weighted by Crippen LogP contribution is 2.38. The van der Waals surface area contributed by atoms with Gasteiger partial charge in [0.05, 0.1) is 25.8 Å². The molecule has 3 aromatic rings. The van der Waals surface area contributed by atoms with Gasteiger partial charge in [0.1, 0.15) is 0 Å². The first-order valence-electron chi connectivity index (χ1n) is 12.5. The third-order valence-corrected chi connectivity index (χ3v) is 7.47. The number of aryl methyl sites for hydroxylation is 2. The van der Waals surface area contributed by atoms with E-state index in [2.05, 4.69) is 28.1 Å². The molecule has 1 fully saturated rings. The van der Waals surface area contributed by atoms with Crippen molar-refractivity contribution in [2.24, 2.45) is 0 Å². The third kappa shape index (κ3) is 4.92. The number of hydrogen-bond acceptors (Lipinski definition) is 5. The van der Waals surface area contributed by atoms with E-state index in [4.69, 9.17) is 4.74 Å². The van der Waals surface area contributed by atoms with Crippen molar-refractivity contribution in [2.45, 2.75) is 43.9 Å². The fourth-order valence-electron chi connectivity index (χ4n) is 5.41. The lowest BCUT2D eigenvalue weighted by atomic mass is 9.79. The summed E-state index contributed by atoms with van der Waals surface area (Å²) >= 11 is 0. The summed E-state index contributed by atoms with van der Waals surface area (Å²) in [5, 5.41) is 0. The summed E-state index contributed by atoms with van der Waals surface area (Å²) in [6.45, 7) is -0.419. The molecule has 5 rings (SSSR count). The van der Waals surface area contributed by atoms with Gasteiger partial charge in [0.25, 0.3) is 5.92 Å². The molecule has 5 nitrogen and oxygen atoms in total. The van der Waals surface area contributed by atoms with Gasteiger partial charge in [-0.25, -0.2) is 13.6 Å². The molecule has 0 N–H and O–H groups in total. The maximum atomic E-state index is 13.2. The number of fused-ring (bicyclic) bond motifs is 1. The SMILES string of the molecule is COC(=O)c1ccncc1CC[C@@H]1CCCc2cc(N(C)c3ccc(N4CC(F)(F)C4)cc3)ccc21. The molecule has 0 bridgehead atoms. The predicted octanol–water partition coefficient (Wildman–Crippen LogP) is 6.14. The normalized spacial score (nSPS) is 18.2. The number of anilines is 3. The minimum Gasteiger partial charge on any atom is -0.465 e. The largest absolute Gasteiger partial charge is 0.465 e. The number of nitrogens with zero attached hydrogens (tertiary/aromatic N) is 3. The number of aromatic nitrogens is 1. The summed E-state index contributed by atoms with van der Waals surface area (Å²) in [4.78, 5) is 20.2. The summed E-state index contributed by atoms with van der Waals surface area (Å²) in [6.07, 6.45) is 8.45. The van der Waals surface area contributed by atoms with Crippen LogP contribution in [0.2, 0.25) is 0 Å². The number of pyridine rings is 1. The number of hydrogen-bond donors (Lipinski definition) is 0. The van der Waals surface area contributed by atoms with Crippen molar-refractivity contribution in [2.75, 3.05) is 37.0 Å². The standard InChI is InChI=1S/C29H31F2N3O2/c1-33(23-8-10-24(11-9-23)34-18-29(30,31)19-34)25-12-13-26-20(4-3-5-21(26)16-25)6-7-22-17-32-15-14-27(22)28(35)36-2/h8-17,20H,3-7,18-19H2,1-2H3/t20-/m0/s1. The summed E-state index contributed by atoms with van der Waals surface area (Å²) in [5.41, 5.74) is 7.23. The molecule has 2 heterocycles. The molecule has 1 aliphatic carbocycles. The minimum absolute atomic E-state index is 0.209. The highest BCUT2D eigenvalue weighted by atomic mass is 19.3. The zero-order valence-electron chi connectivity index (χ0n) is 20.7. The van der Waals surface area contributed by atoms with Gasteiger partial charge in [0.15, 0.2) is 0 Å². The van der Waals surface area contributed by atoms with Crippen molar-refractivity contribution < 1.29 is 18.3 Å². The van der Waals surface area contributed by atoms with Crippen LogP contribution in [0.15, 0.2) is 60.9 Å². The second kappa shape index (κ2) is 9.88. The lowest BCUT2D eigenvalue weighted by molar-refractivity contribution is -0.0262. The Balaban J connectivity index is 1.28. The van der Waals surface area contributed by atoms with Gasteiger partial charge in [-0.15, -0.1) is 0 Å². The highest BCUT2D eigenvalue weighted by Gasteiger charge is 2.43. The molecular weight excluding hydrogens is 460 g/mol. The number of benzene rings is 2. The second-order valence-corrected chi connectivity index (χ2v) is 9.82. The Bertz CT molecular complexity index is 1240. The number of halogens is 2. The van der Waals surface area contributed by atoms with Crippen LogP contribution < -0.4 is 9.80 Å². The molecule has 1 atom stereocenters. The monoisotopic (exact) mass is 491 g/mol. The zero-order valence-corrected chi connectivity index (χ0v) is 20.7. The van der Waals surface area contributed by atoms with E-state index in [1.165, 1.54) is 18.2 Å². The molecule has 2 aromatic carbocycles. The van der Waals surface area contributed by atoms with Crippen molar-refractivity contribution in [3.8, 4) is 0 Å². The number of ether oxygens (including phenoxy) is 1. The molecule has 0 spiro atoms. The Kier molecular flexibility index (Phi) is 6.65. The number of carbonyl (C=O) groups is 1. The van der Waals surface area contributed by atoms with E-state index in [1.807, 2.05) is 31.3 Å². The lowest BCUT2D eigenvalue weighted by Gasteiger charge is -2.40. The van der Waals surface area contributed by atoms with E-state index >= 15 is 0 Å². The third-order valence-electron chi connectivity index (χ3n) is 7.47. The molecule has 0 radical (unpaired) electrons. The lowest BCUT2D eigenvalue weighted by Crippen LogP contribution is -2.56. The van der Waals surface area contributed by atoms with E-state index in [-0.39, 0.29) is 19.1 Å². The van der Waals surface area contributed by atoms with Gasteiger partial charge >= 0.3 is 5.97 Å². The highest BCUT2D eigenvalue weighted by molar-refractivity contribution is 5.90.